The van der Waals surface area contributed by atoms with Gasteiger partial charge < -0.3 is 0 Å². The van der Waals surface area contributed by atoms with Gasteiger partial charge in [0.25, 0.3) is 10.0 Å². The van der Waals surface area contributed by atoms with Crippen LogP contribution in [0.2, 0.25) is 0 Å². The topological polar surface area (TPSA) is 72.0 Å². The molecule has 5 nitrogen and oxygen atoms in total. The van der Waals surface area contributed by atoms with Gasteiger partial charge in [-0.25, -0.2) is 18.4 Å². The molecule has 0 aromatic carbocycles. The Labute approximate surface area is 122 Å². The van der Waals surface area contributed by atoms with Gasteiger partial charge >= 0.3 is 6.18 Å². The van der Waals surface area contributed by atoms with E-state index in [0.717, 1.165) is 34.2 Å². The minimum atomic E-state index is -4.67. The summed E-state index contributed by atoms with van der Waals surface area (Å²) in [6.45, 7) is 3.55. The Balaban J connectivity index is 2.25. The van der Waals surface area contributed by atoms with E-state index < -0.39 is 22.0 Å². The maximum Gasteiger partial charge on any atom is 0.451 e. The summed E-state index contributed by atoms with van der Waals surface area (Å²) in [7, 11) is -3.86. The number of rotatable bonds is 3. The fourth-order valence-electron chi connectivity index (χ4n) is 1.40. The maximum atomic E-state index is 12.3. The summed E-state index contributed by atoms with van der Waals surface area (Å²) in [5.74, 6) is -1.33. The van der Waals surface area contributed by atoms with Gasteiger partial charge in [0.05, 0.1) is 18.1 Å². The van der Waals surface area contributed by atoms with Crippen molar-refractivity contribution in [1.82, 2.24) is 9.97 Å². The molecule has 0 aliphatic carbocycles. The number of thiophene rings is 1. The first-order chi connectivity index (χ1) is 9.59. The molecule has 0 spiro atoms. The third-order valence-electron chi connectivity index (χ3n) is 2.57. The van der Waals surface area contributed by atoms with Crippen LogP contribution in [0.3, 0.4) is 0 Å². The molecule has 0 radical (unpaired) electrons. The summed E-state index contributed by atoms with van der Waals surface area (Å²) < 4.78 is 63.3. The number of anilines is 1. The van der Waals surface area contributed by atoms with Crippen LogP contribution < -0.4 is 4.72 Å². The number of alkyl halides is 3. The Morgan fingerprint density at radius 3 is 2.19 bits per heavy atom. The highest BCUT2D eigenvalue weighted by atomic mass is 32.2. The van der Waals surface area contributed by atoms with E-state index >= 15 is 0 Å². The molecular formula is C11H10F3N3O2S2. The molecular weight excluding hydrogens is 327 g/mol. The Morgan fingerprint density at radius 2 is 1.76 bits per heavy atom. The van der Waals surface area contributed by atoms with Crippen LogP contribution in [0.5, 0.6) is 0 Å². The fourth-order valence-corrected chi connectivity index (χ4v) is 3.95. The van der Waals surface area contributed by atoms with Gasteiger partial charge in [-0.05, 0) is 25.5 Å². The van der Waals surface area contributed by atoms with Crippen molar-refractivity contribution in [2.75, 3.05) is 4.72 Å². The smallest absolute Gasteiger partial charge is 0.276 e. The highest BCUT2D eigenvalue weighted by molar-refractivity contribution is 7.94. The first kappa shape index (κ1) is 15.7. The van der Waals surface area contributed by atoms with Crippen LogP contribution in [0.1, 0.15) is 16.3 Å². The predicted octanol–water partition coefficient (Wildman–Crippen LogP) is 2.97. The second kappa shape index (κ2) is 5.26. The van der Waals surface area contributed by atoms with Gasteiger partial charge in [-0.3, -0.25) is 4.72 Å². The van der Waals surface area contributed by atoms with E-state index in [1.807, 2.05) is 0 Å². The molecule has 0 atom stereocenters. The average Bonchev–Trinajstić information content (AvgIpc) is 2.69. The summed E-state index contributed by atoms with van der Waals surface area (Å²) in [4.78, 5) is 7.03. The van der Waals surface area contributed by atoms with Crippen LogP contribution in [-0.2, 0) is 16.2 Å². The molecule has 2 heterocycles. The Kier molecular flexibility index (Phi) is 3.93. The number of sulfonamides is 1. The third-order valence-corrected chi connectivity index (χ3v) is 5.57. The van der Waals surface area contributed by atoms with Crippen LogP contribution in [0.4, 0.5) is 18.9 Å². The molecule has 21 heavy (non-hydrogen) atoms. The number of hydrogen-bond donors (Lipinski definition) is 1. The lowest BCUT2D eigenvalue weighted by atomic mass is 10.3. The van der Waals surface area contributed by atoms with Crippen LogP contribution in [0.25, 0.3) is 0 Å². The molecule has 0 unspecified atom stereocenters. The first-order valence-corrected chi connectivity index (χ1v) is 7.88. The van der Waals surface area contributed by atoms with E-state index in [9.17, 15) is 21.6 Å². The van der Waals surface area contributed by atoms with Gasteiger partial charge in [-0.15, -0.1) is 11.3 Å². The lowest BCUT2D eigenvalue weighted by Gasteiger charge is -2.07. The van der Waals surface area contributed by atoms with E-state index in [-0.39, 0.29) is 9.90 Å². The van der Waals surface area contributed by atoms with Crippen LogP contribution >= 0.6 is 11.3 Å². The van der Waals surface area contributed by atoms with E-state index in [1.54, 1.807) is 13.8 Å². The van der Waals surface area contributed by atoms with Crippen LogP contribution in [0, 0.1) is 13.8 Å². The fraction of sp³-hybridized carbons (Fsp3) is 0.273. The normalized spacial score (nSPS) is 12.4. The lowest BCUT2D eigenvalue weighted by molar-refractivity contribution is -0.144. The Bertz CT molecular complexity index is 733. The zero-order valence-electron chi connectivity index (χ0n) is 10.9. The molecule has 0 saturated heterocycles. The van der Waals surface area contributed by atoms with Crippen molar-refractivity contribution in [2.24, 2.45) is 0 Å². The molecule has 2 aromatic heterocycles. The molecule has 114 valence electrons. The molecule has 0 bridgehead atoms. The van der Waals surface area contributed by atoms with Crippen molar-refractivity contribution in [3.63, 3.8) is 0 Å². The Hall–Kier alpha value is -1.68. The van der Waals surface area contributed by atoms with Crippen molar-refractivity contribution in [3.8, 4) is 0 Å². The van der Waals surface area contributed by atoms with E-state index in [1.165, 1.54) is 6.07 Å². The standard InChI is InChI=1S/C11H10F3N3O2S2/c1-6-3-9(20-7(6)2)21(18,19)17-8-4-15-10(16-5-8)11(12,13)14/h3-5,17H,1-2H3. The predicted molar refractivity (Wildman–Crippen MR) is 71.6 cm³/mol. The van der Waals surface area contributed by atoms with Crippen molar-refractivity contribution < 1.29 is 21.6 Å². The van der Waals surface area contributed by atoms with E-state index in [0.29, 0.717) is 0 Å². The number of nitrogens with one attached hydrogen (secondary N) is 1. The van der Waals surface area contributed by atoms with E-state index in [2.05, 4.69) is 14.7 Å². The number of aromatic nitrogens is 2. The minimum absolute atomic E-state index is 0.0809. The number of hydrogen-bond acceptors (Lipinski definition) is 5. The van der Waals surface area contributed by atoms with Gasteiger partial charge in [0, 0.05) is 4.88 Å². The van der Waals surface area contributed by atoms with Gasteiger partial charge in [0.1, 0.15) is 4.21 Å². The number of aryl methyl sites for hydroxylation is 2. The zero-order valence-corrected chi connectivity index (χ0v) is 12.5. The highest BCUT2D eigenvalue weighted by Crippen LogP contribution is 2.28. The largest absolute Gasteiger partial charge is 0.451 e. The molecule has 10 heteroatoms. The van der Waals surface area contributed by atoms with Gasteiger partial charge in [-0.2, -0.15) is 13.2 Å². The molecule has 2 rings (SSSR count). The Morgan fingerprint density at radius 1 is 1.19 bits per heavy atom. The highest BCUT2D eigenvalue weighted by Gasteiger charge is 2.34. The van der Waals surface area contributed by atoms with Crippen LogP contribution in [0.15, 0.2) is 22.7 Å². The SMILES string of the molecule is Cc1cc(S(=O)(=O)Nc2cnc(C(F)(F)F)nc2)sc1C. The average molecular weight is 337 g/mol. The number of nitrogens with zero attached hydrogens (tertiary/aromatic N) is 2. The zero-order chi connectivity index (χ0) is 15.8. The second-order valence-electron chi connectivity index (χ2n) is 4.20. The summed E-state index contributed by atoms with van der Waals surface area (Å²) in [6, 6.07) is 1.49. The molecule has 0 amide bonds. The van der Waals surface area contributed by atoms with Crippen molar-refractivity contribution in [3.05, 3.63) is 34.7 Å². The summed E-state index contributed by atoms with van der Waals surface area (Å²) in [5.41, 5.74) is 0.691. The van der Waals surface area contributed by atoms with Crippen molar-refractivity contribution in [2.45, 2.75) is 24.2 Å². The van der Waals surface area contributed by atoms with Crippen molar-refractivity contribution in [1.29, 1.82) is 0 Å². The molecule has 0 aliphatic heterocycles. The van der Waals surface area contributed by atoms with Crippen LogP contribution in [-0.4, -0.2) is 18.4 Å². The molecule has 0 fully saturated rings. The molecule has 1 N–H and O–H groups in total. The van der Waals surface area contributed by atoms with Gasteiger partial charge in [-0.1, -0.05) is 0 Å². The van der Waals surface area contributed by atoms with Crippen molar-refractivity contribution >= 4 is 27.0 Å². The lowest BCUT2D eigenvalue weighted by Crippen LogP contribution is -2.14. The first-order valence-electron chi connectivity index (χ1n) is 5.59. The molecule has 0 aliphatic rings. The molecule has 0 saturated carbocycles. The third kappa shape index (κ3) is 3.50. The summed E-state index contributed by atoms with van der Waals surface area (Å²) >= 11 is 1.08. The van der Waals surface area contributed by atoms with E-state index in [4.69, 9.17) is 0 Å². The monoisotopic (exact) mass is 337 g/mol. The summed E-state index contributed by atoms with van der Waals surface area (Å²) in [6.07, 6.45) is -3.11. The second-order valence-corrected chi connectivity index (χ2v) is 7.37. The van der Waals surface area contributed by atoms with Gasteiger partial charge in [0.15, 0.2) is 0 Å². The summed E-state index contributed by atoms with van der Waals surface area (Å²) in [5, 5.41) is 0. The number of halogens is 3. The van der Waals surface area contributed by atoms with Gasteiger partial charge in [0.2, 0.25) is 5.82 Å². The molecule has 2 aromatic rings. The minimum Gasteiger partial charge on any atom is -0.276 e. The quantitative estimate of drug-likeness (QED) is 0.935. The maximum absolute atomic E-state index is 12.3.